The van der Waals surface area contributed by atoms with Crippen molar-refractivity contribution in [3.05, 3.63) is 73.6 Å². The summed E-state index contributed by atoms with van der Waals surface area (Å²) in [6, 6.07) is 13.4. The second-order valence-electron chi connectivity index (χ2n) is 5.97. The van der Waals surface area contributed by atoms with E-state index in [1.807, 2.05) is 55.0 Å². The topological polar surface area (TPSA) is 81.4 Å². The molecule has 4 rings (SSSR count). The fourth-order valence-electron chi connectivity index (χ4n) is 2.69. The van der Waals surface area contributed by atoms with Crippen LogP contribution >= 0.6 is 0 Å². The monoisotopic (exact) mass is 357 g/mol. The van der Waals surface area contributed by atoms with E-state index in [1.165, 1.54) is 0 Å². The number of nitrogens with one attached hydrogen (secondary N) is 1. The molecule has 0 fully saturated rings. The van der Waals surface area contributed by atoms with Gasteiger partial charge in [-0.1, -0.05) is 12.1 Å². The van der Waals surface area contributed by atoms with Gasteiger partial charge >= 0.3 is 0 Å². The second kappa shape index (κ2) is 8.18. The third-order valence-electron chi connectivity index (χ3n) is 4.01. The van der Waals surface area contributed by atoms with Crippen LogP contribution in [0.15, 0.2) is 73.6 Å². The van der Waals surface area contributed by atoms with Gasteiger partial charge in [0.15, 0.2) is 5.82 Å². The predicted octanol–water partition coefficient (Wildman–Crippen LogP) is 3.30. The zero-order valence-corrected chi connectivity index (χ0v) is 14.7. The van der Waals surface area contributed by atoms with Crippen LogP contribution in [0, 0.1) is 0 Å². The van der Waals surface area contributed by atoms with Crippen LogP contribution in [0.3, 0.4) is 0 Å². The molecule has 0 spiro atoms. The van der Waals surface area contributed by atoms with Crippen LogP contribution in [-0.4, -0.2) is 36.0 Å². The van der Waals surface area contributed by atoms with Crippen molar-refractivity contribution in [3.63, 3.8) is 0 Å². The van der Waals surface area contributed by atoms with Gasteiger partial charge in [0.2, 0.25) is 0 Å². The van der Waals surface area contributed by atoms with Crippen molar-refractivity contribution in [3.8, 4) is 22.9 Å². The zero-order valence-electron chi connectivity index (χ0n) is 14.7. The summed E-state index contributed by atoms with van der Waals surface area (Å²) in [5.74, 6) is 1.34. The molecule has 0 aliphatic rings. The lowest BCUT2D eigenvalue weighted by molar-refractivity contribution is 0.660. The number of pyridine rings is 2. The van der Waals surface area contributed by atoms with Crippen LogP contribution < -0.4 is 5.32 Å². The van der Waals surface area contributed by atoms with E-state index < -0.39 is 0 Å². The molecular weight excluding hydrogens is 338 g/mol. The molecule has 0 bridgehead atoms. The van der Waals surface area contributed by atoms with E-state index in [9.17, 15) is 0 Å². The van der Waals surface area contributed by atoms with Gasteiger partial charge in [-0.05, 0) is 30.7 Å². The maximum absolute atomic E-state index is 4.65. The van der Waals surface area contributed by atoms with Gasteiger partial charge in [0.25, 0.3) is 0 Å². The molecule has 4 heterocycles. The summed E-state index contributed by atoms with van der Waals surface area (Å²) < 4.78 is 2.06. The van der Waals surface area contributed by atoms with Gasteiger partial charge < -0.3 is 9.88 Å². The van der Waals surface area contributed by atoms with Crippen molar-refractivity contribution in [2.24, 2.45) is 0 Å². The van der Waals surface area contributed by atoms with Crippen molar-refractivity contribution in [1.29, 1.82) is 0 Å². The van der Waals surface area contributed by atoms with Crippen molar-refractivity contribution >= 4 is 5.82 Å². The number of aryl methyl sites for hydroxylation is 1. The van der Waals surface area contributed by atoms with E-state index in [0.29, 0.717) is 5.82 Å². The van der Waals surface area contributed by atoms with Gasteiger partial charge in [-0.3, -0.25) is 9.97 Å². The first kappa shape index (κ1) is 16.8. The Bertz CT molecular complexity index is 912. The molecule has 4 aromatic rings. The highest BCUT2D eigenvalue weighted by Gasteiger charge is 2.10. The summed E-state index contributed by atoms with van der Waals surface area (Å²) in [6.07, 6.45) is 10.0. The number of rotatable bonds is 7. The molecule has 0 atom stereocenters. The number of anilines is 1. The zero-order chi connectivity index (χ0) is 18.3. The Morgan fingerprint density at radius 3 is 2.37 bits per heavy atom. The summed E-state index contributed by atoms with van der Waals surface area (Å²) in [5.41, 5.74) is 2.30. The first-order chi connectivity index (χ1) is 13.4. The summed E-state index contributed by atoms with van der Waals surface area (Å²) in [5, 5.41) is 3.39. The average molecular weight is 357 g/mol. The Morgan fingerprint density at radius 2 is 1.67 bits per heavy atom. The molecule has 4 aromatic heterocycles. The third-order valence-corrected chi connectivity index (χ3v) is 4.01. The molecule has 7 heteroatoms. The lowest BCUT2D eigenvalue weighted by Crippen LogP contribution is -2.08. The van der Waals surface area contributed by atoms with E-state index in [4.69, 9.17) is 0 Å². The molecule has 0 saturated carbocycles. The van der Waals surface area contributed by atoms with E-state index in [-0.39, 0.29) is 0 Å². The van der Waals surface area contributed by atoms with Crippen molar-refractivity contribution in [2.45, 2.75) is 13.0 Å². The van der Waals surface area contributed by atoms with Gasteiger partial charge in [-0.2, -0.15) is 0 Å². The molecule has 0 unspecified atom stereocenters. The summed E-state index contributed by atoms with van der Waals surface area (Å²) in [4.78, 5) is 22.1. The smallest absolute Gasteiger partial charge is 0.180 e. The van der Waals surface area contributed by atoms with Crippen LogP contribution in [-0.2, 0) is 6.54 Å². The van der Waals surface area contributed by atoms with Crippen molar-refractivity contribution in [2.75, 3.05) is 11.9 Å². The van der Waals surface area contributed by atoms with Gasteiger partial charge in [-0.15, -0.1) is 0 Å². The molecule has 27 heavy (non-hydrogen) atoms. The largest absolute Gasteiger partial charge is 0.370 e. The minimum atomic E-state index is 0.580. The molecule has 1 N–H and O–H groups in total. The Kier molecular flexibility index (Phi) is 5.10. The lowest BCUT2D eigenvalue weighted by atomic mass is 10.2. The van der Waals surface area contributed by atoms with Crippen LogP contribution in [0.25, 0.3) is 22.9 Å². The number of nitrogens with zero attached hydrogens (tertiary/aromatic N) is 6. The van der Waals surface area contributed by atoms with Gasteiger partial charge in [0, 0.05) is 43.9 Å². The van der Waals surface area contributed by atoms with Gasteiger partial charge in [0.1, 0.15) is 11.5 Å². The SMILES string of the molecule is c1ccc(-c2cc(NCCCn3ccnc3)nc(-c3ccccn3)n2)nc1. The maximum atomic E-state index is 4.65. The van der Waals surface area contributed by atoms with Crippen LogP contribution in [0.5, 0.6) is 0 Å². The van der Waals surface area contributed by atoms with Gasteiger partial charge in [-0.25, -0.2) is 15.0 Å². The molecular formula is C20H19N7. The van der Waals surface area contributed by atoms with Crippen LogP contribution in [0.1, 0.15) is 6.42 Å². The van der Waals surface area contributed by atoms with Gasteiger partial charge in [0.05, 0.1) is 17.7 Å². The van der Waals surface area contributed by atoms with E-state index in [1.54, 1.807) is 18.6 Å². The predicted molar refractivity (Wildman–Crippen MR) is 104 cm³/mol. The van der Waals surface area contributed by atoms with Crippen molar-refractivity contribution < 1.29 is 0 Å². The highest BCUT2D eigenvalue weighted by Crippen LogP contribution is 2.22. The Hall–Kier alpha value is -3.61. The molecule has 0 amide bonds. The molecule has 7 nitrogen and oxygen atoms in total. The minimum Gasteiger partial charge on any atom is -0.370 e. The molecule has 0 radical (unpaired) electrons. The highest BCUT2D eigenvalue weighted by atomic mass is 15.1. The van der Waals surface area contributed by atoms with E-state index >= 15 is 0 Å². The number of hydrogen-bond acceptors (Lipinski definition) is 6. The summed E-state index contributed by atoms with van der Waals surface area (Å²) >= 11 is 0. The van der Waals surface area contributed by atoms with Crippen molar-refractivity contribution in [1.82, 2.24) is 29.5 Å². The average Bonchev–Trinajstić information content (AvgIpc) is 3.26. The third kappa shape index (κ3) is 4.33. The lowest BCUT2D eigenvalue weighted by Gasteiger charge is -2.10. The quantitative estimate of drug-likeness (QED) is 0.511. The van der Waals surface area contributed by atoms with E-state index in [0.717, 1.165) is 42.4 Å². The van der Waals surface area contributed by atoms with Crippen LogP contribution in [0.4, 0.5) is 5.82 Å². The molecule has 0 aromatic carbocycles. The number of imidazole rings is 1. The second-order valence-corrected chi connectivity index (χ2v) is 5.97. The summed E-state index contributed by atoms with van der Waals surface area (Å²) in [6.45, 7) is 1.69. The fraction of sp³-hybridized carbons (Fsp3) is 0.150. The molecule has 134 valence electrons. The Labute approximate surface area is 157 Å². The highest BCUT2D eigenvalue weighted by molar-refractivity contribution is 5.63. The number of aromatic nitrogens is 6. The molecule has 0 saturated heterocycles. The summed E-state index contributed by atoms with van der Waals surface area (Å²) in [7, 11) is 0. The Balaban J connectivity index is 1.56. The van der Waals surface area contributed by atoms with Crippen LogP contribution in [0.2, 0.25) is 0 Å². The normalized spacial score (nSPS) is 10.7. The fourth-order valence-corrected chi connectivity index (χ4v) is 2.69. The standard InChI is InChI=1S/C20H19N7/c1-3-8-22-16(6-1)18-14-19(24-10-5-12-27-13-11-21-15-27)26-20(25-18)17-7-2-4-9-23-17/h1-4,6-9,11,13-15H,5,10,12H2,(H,24,25,26). The molecule has 0 aliphatic heterocycles. The first-order valence-corrected chi connectivity index (χ1v) is 8.80. The Morgan fingerprint density at radius 1 is 0.852 bits per heavy atom. The minimum absolute atomic E-state index is 0.580. The number of hydrogen-bond donors (Lipinski definition) is 1. The maximum Gasteiger partial charge on any atom is 0.180 e. The first-order valence-electron chi connectivity index (χ1n) is 8.80. The molecule has 0 aliphatic carbocycles. The van der Waals surface area contributed by atoms with E-state index in [2.05, 4.69) is 34.8 Å².